The van der Waals surface area contributed by atoms with Crippen molar-refractivity contribution in [1.82, 2.24) is 0 Å². The number of hydrogen-bond acceptors (Lipinski definition) is 0. The van der Waals surface area contributed by atoms with Crippen LogP contribution in [0.3, 0.4) is 0 Å². The van der Waals surface area contributed by atoms with E-state index >= 15 is 0 Å². The minimum atomic E-state index is 0.748. The summed E-state index contributed by atoms with van der Waals surface area (Å²) < 4.78 is 0. The molecule has 3 rings (SSSR count). The first-order valence-corrected chi connectivity index (χ1v) is 15.7. The molecule has 0 saturated heterocycles. The Balaban J connectivity index is 1.52. The van der Waals surface area contributed by atoms with Gasteiger partial charge in [0.1, 0.15) is 0 Å². The van der Waals surface area contributed by atoms with E-state index in [1.165, 1.54) is 70.6 Å². The van der Waals surface area contributed by atoms with Crippen molar-refractivity contribution in [1.29, 1.82) is 0 Å². The van der Waals surface area contributed by atoms with Crippen molar-refractivity contribution >= 4 is 0 Å². The summed E-state index contributed by atoms with van der Waals surface area (Å²) in [4.78, 5) is 0. The zero-order valence-corrected chi connectivity index (χ0v) is 22.5. The number of hydrogen-bond donors (Lipinski definition) is 0. The van der Waals surface area contributed by atoms with Crippen molar-refractivity contribution in [3.8, 4) is 0 Å². The molecule has 0 heterocycles. The number of unbranched alkanes of at least 4 members (excludes halogenated alkanes) is 7. The van der Waals surface area contributed by atoms with Crippen LogP contribution in [0.4, 0.5) is 0 Å². The molecule has 3 fully saturated rings. The summed E-state index contributed by atoms with van der Waals surface area (Å²) in [6, 6.07) is 0. The summed E-state index contributed by atoms with van der Waals surface area (Å²) in [5, 5.41) is 0. The van der Waals surface area contributed by atoms with E-state index < -0.39 is 0 Å². The summed E-state index contributed by atoms with van der Waals surface area (Å²) in [7, 11) is 0. The maximum atomic E-state index is 2.37. The Labute approximate surface area is 203 Å². The molecule has 32 heavy (non-hydrogen) atoms. The first-order valence-electron chi connectivity index (χ1n) is 15.7. The Morgan fingerprint density at radius 2 is 0.812 bits per heavy atom. The molecule has 0 aromatic carbocycles. The topological polar surface area (TPSA) is 0 Å². The fraction of sp³-hybridized carbons (Fsp3) is 1.00. The molecule has 3 aliphatic rings. The largest absolute Gasteiger partial charge is 0.0628 e. The lowest BCUT2D eigenvalue weighted by atomic mass is 9.50. The molecule has 0 radical (unpaired) electrons. The second-order valence-corrected chi connectivity index (χ2v) is 12.9. The van der Waals surface area contributed by atoms with Gasteiger partial charge >= 0.3 is 0 Å². The Kier molecular flexibility index (Phi) is 12.5. The molecular formula is C32H60. The van der Waals surface area contributed by atoms with Gasteiger partial charge in [-0.15, -0.1) is 0 Å². The quantitative estimate of drug-likeness (QED) is 0.234. The van der Waals surface area contributed by atoms with E-state index in [1.807, 2.05) is 0 Å². The van der Waals surface area contributed by atoms with Crippen LogP contribution in [-0.4, -0.2) is 0 Å². The molecule has 0 bridgehead atoms. The predicted molar refractivity (Wildman–Crippen MR) is 143 cm³/mol. The van der Waals surface area contributed by atoms with Gasteiger partial charge in [-0.25, -0.2) is 0 Å². The van der Waals surface area contributed by atoms with Crippen LogP contribution in [0.15, 0.2) is 0 Å². The molecule has 0 atom stereocenters. The monoisotopic (exact) mass is 444 g/mol. The van der Waals surface area contributed by atoms with Crippen LogP contribution in [0.25, 0.3) is 0 Å². The zero-order chi connectivity index (χ0) is 22.5. The minimum absolute atomic E-state index is 0.748. The third-order valence-corrected chi connectivity index (χ3v) is 10.2. The second-order valence-electron chi connectivity index (χ2n) is 12.9. The first kappa shape index (κ1) is 26.6. The van der Waals surface area contributed by atoms with Gasteiger partial charge in [-0.05, 0) is 74.0 Å². The van der Waals surface area contributed by atoms with Crippen molar-refractivity contribution in [3.63, 3.8) is 0 Å². The van der Waals surface area contributed by atoms with E-state index in [9.17, 15) is 0 Å². The van der Waals surface area contributed by atoms with Crippen LogP contribution in [0, 0.1) is 29.1 Å². The Hall–Kier alpha value is 0. The molecule has 0 nitrogen and oxygen atoms in total. The summed E-state index contributed by atoms with van der Waals surface area (Å²) in [5.41, 5.74) is 0.748. The Morgan fingerprint density at radius 3 is 1.19 bits per heavy atom. The van der Waals surface area contributed by atoms with Crippen molar-refractivity contribution in [3.05, 3.63) is 0 Å². The van der Waals surface area contributed by atoms with Gasteiger partial charge in [-0.1, -0.05) is 129 Å². The van der Waals surface area contributed by atoms with Gasteiger partial charge in [-0.2, -0.15) is 0 Å². The van der Waals surface area contributed by atoms with E-state index in [4.69, 9.17) is 0 Å². The van der Waals surface area contributed by atoms with Gasteiger partial charge in [0.05, 0.1) is 0 Å². The standard InChI is InChI=1S/C32H60/c1-28(2)20-12-7-5-3-4-6-8-19-27-32(29-21-13-9-14-22-29,30-23-15-10-16-24-30)31-25-17-11-18-26-31/h28-31H,3-27H2,1-2H3. The molecule has 0 spiro atoms. The highest BCUT2D eigenvalue weighted by Gasteiger charge is 2.49. The Morgan fingerprint density at radius 1 is 0.469 bits per heavy atom. The molecule has 0 aromatic rings. The lowest BCUT2D eigenvalue weighted by Crippen LogP contribution is -2.47. The summed E-state index contributed by atoms with van der Waals surface area (Å²) >= 11 is 0. The van der Waals surface area contributed by atoms with Gasteiger partial charge in [0, 0.05) is 0 Å². The summed E-state index contributed by atoms with van der Waals surface area (Å²) in [5.74, 6) is 4.16. The molecule has 0 amide bonds. The zero-order valence-electron chi connectivity index (χ0n) is 22.5. The molecule has 3 aliphatic carbocycles. The van der Waals surface area contributed by atoms with Crippen LogP contribution >= 0.6 is 0 Å². The minimum Gasteiger partial charge on any atom is -0.0628 e. The van der Waals surface area contributed by atoms with Crippen molar-refractivity contribution in [2.75, 3.05) is 0 Å². The normalized spacial score (nSPS) is 22.6. The van der Waals surface area contributed by atoms with Crippen LogP contribution < -0.4 is 0 Å². The van der Waals surface area contributed by atoms with E-state index in [-0.39, 0.29) is 0 Å². The van der Waals surface area contributed by atoms with Crippen LogP contribution in [0.1, 0.15) is 174 Å². The molecule has 0 aromatic heterocycles. The molecule has 188 valence electrons. The first-order chi connectivity index (χ1) is 15.7. The predicted octanol–water partition coefficient (Wildman–Crippen LogP) is 11.3. The highest BCUT2D eigenvalue weighted by Crippen LogP contribution is 2.59. The fourth-order valence-electron chi connectivity index (χ4n) is 8.58. The highest BCUT2D eigenvalue weighted by atomic mass is 14.5. The lowest BCUT2D eigenvalue weighted by molar-refractivity contribution is -0.0571. The highest BCUT2D eigenvalue weighted by molar-refractivity contribution is 4.99. The molecule has 0 heteroatoms. The van der Waals surface area contributed by atoms with Gasteiger partial charge in [0.15, 0.2) is 0 Å². The van der Waals surface area contributed by atoms with E-state index in [1.54, 1.807) is 89.9 Å². The Bertz CT molecular complexity index is 399. The molecule has 0 unspecified atom stereocenters. The van der Waals surface area contributed by atoms with Crippen LogP contribution in [-0.2, 0) is 0 Å². The van der Waals surface area contributed by atoms with Crippen LogP contribution in [0.2, 0.25) is 0 Å². The smallest absolute Gasteiger partial charge is 0.0213 e. The van der Waals surface area contributed by atoms with E-state index in [0.29, 0.717) is 0 Å². The van der Waals surface area contributed by atoms with Crippen molar-refractivity contribution in [2.24, 2.45) is 29.1 Å². The van der Waals surface area contributed by atoms with E-state index in [0.717, 1.165) is 29.1 Å². The molecule has 0 aliphatic heterocycles. The maximum absolute atomic E-state index is 2.37. The number of rotatable bonds is 14. The third-order valence-electron chi connectivity index (χ3n) is 10.2. The average Bonchev–Trinajstić information content (AvgIpc) is 2.84. The average molecular weight is 445 g/mol. The molecule has 3 saturated carbocycles. The maximum Gasteiger partial charge on any atom is -0.0213 e. The van der Waals surface area contributed by atoms with Gasteiger partial charge in [0.25, 0.3) is 0 Å². The van der Waals surface area contributed by atoms with Gasteiger partial charge in [0.2, 0.25) is 0 Å². The van der Waals surface area contributed by atoms with Crippen molar-refractivity contribution < 1.29 is 0 Å². The fourth-order valence-corrected chi connectivity index (χ4v) is 8.58. The summed E-state index contributed by atoms with van der Waals surface area (Å²) in [6.07, 6.45) is 38.4. The molecular weight excluding hydrogens is 384 g/mol. The van der Waals surface area contributed by atoms with Crippen molar-refractivity contribution in [2.45, 2.75) is 174 Å². The second kappa shape index (κ2) is 15.1. The van der Waals surface area contributed by atoms with E-state index in [2.05, 4.69) is 13.8 Å². The molecule has 0 N–H and O–H groups in total. The SMILES string of the molecule is CC(C)CCCCCCCCCCC(C1CCCCC1)(C1CCCCC1)C1CCCCC1. The van der Waals surface area contributed by atoms with Gasteiger partial charge in [-0.3, -0.25) is 0 Å². The van der Waals surface area contributed by atoms with Gasteiger partial charge < -0.3 is 0 Å². The van der Waals surface area contributed by atoms with Crippen LogP contribution in [0.5, 0.6) is 0 Å². The third kappa shape index (κ3) is 8.05. The summed E-state index contributed by atoms with van der Waals surface area (Å²) in [6.45, 7) is 4.74. The lowest BCUT2D eigenvalue weighted by Gasteiger charge is -2.55.